The number of morpholine rings is 2. The molecule has 13 heteroatoms. The van der Waals surface area contributed by atoms with Crippen LogP contribution in [0.4, 0.5) is 9.18 Å². The van der Waals surface area contributed by atoms with Crippen molar-refractivity contribution in [1.29, 1.82) is 5.26 Å². The number of fused-ring (bicyclic) bond motifs is 2. The van der Waals surface area contributed by atoms with Crippen molar-refractivity contribution in [3.05, 3.63) is 41.7 Å². The maximum atomic E-state index is 13.9. The fourth-order valence-corrected chi connectivity index (χ4v) is 3.97. The number of hydrogen-bond donors (Lipinski definition) is 3. The molecule has 2 heterocycles. The average molecular weight is 551 g/mol. The maximum absolute atomic E-state index is 13.9. The van der Waals surface area contributed by atoms with E-state index in [-0.39, 0.29) is 23.5 Å². The van der Waals surface area contributed by atoms with Gasteiger partial charge in [-0.3, -0.25) is 9.80 Å². The van der Waals surface area contributed by atoms with Gasteiger partial charge in [-0.2, -0.15) is 5.26 Å². The zero-order chi connectivity index (χ0) is 29.0. The van der Waals surface area contributed by atoms with E-state index in [0.717, 1.165) is 32.7 Å². The maximum Gasteiger partial charge on any atom is 0.407 e. The van der Waals surface area contributed by atoms with E-state index in [9.17, 15) is 18.8 Å². The molecule has 39 heavy (non-hydrogen) atoms. The Hall–Kier alpha value is -3.73. The topological polar surface area (TPSA) is 162 Å². The van der Waals surface area contributed by atoms with Gasteiger partial charge in [-0.25, -0.2) is 18.8 Å². The number of nitrogens with one attached hydrogen (secondary N) is 1. The molecule has 214 valence electrons. The lowest BCUT2D eigenvalue weighted by atomic mass is 10.1. The van der Waals surface area contributed by atoms with Crippen LogP contribution in [-0.4, -0.2) is 108 Å². The summed E-state index contributed by atoms with van der Waals surface area (Å²) in [6, 6.07) is 6.13. The minimum Gasteiger partial charge on any atom is -0.489 e. The molecular weight excluding hydrogens is 515 g/mol. The molecule has 0 spiro atoms. The van der Waals surface area contributed by atoms with Gasteiger partial charge in [0.1, 0.15) is 12.2 Å². The number of carboxylic acids is 2. The van der Waals surface area contributed by atoms with Crippen molar-refractivity contribution in [3.8, 4) is 11.8 Å². The Kier molecular flexibility index (Phi) is 12.1. The molecule has 2 fully saturated rings. The van der Waals surface area contributed by atoms with E-state index in [2.05, 4.69) is 15.1 Å². The molecule has 3 N–H and O–H groups in total. The Bertz CT molecular complexity index is 1040. The third-order valence-electron chi connectivity index (χ3n) is 5.42. The van der Waals surface area contributed by atoms with Crippen LogP contribution >= 0.6 is 0 Å². The van der Waals surface area contributed by atoms with Gasteiger partial charge in [0.15, 0.2) is 11.6 Å². The van der Waals surface area contributed by atoms with Gasteiger partial charge in [-0.05, 0) is 39.0 Å². The lowest BCUT2D eigenvalue weighted by molar-refractivity contribution is -0.139. The molecule has 0 aliphatic carbocycles. The zero-order valence-corrected chi connectivity index (χ0v) is 22.3. The lowest BCUT2D eigenvalue weighted by Crippen LogP contribution is -2.60. The average Bonchev–Trinajstić information content (AvgIpc) is 2.82. The summed E-state index contributed by atoms with van der Waals surface area (Å²) in [5.41, 5.74) is -0.226. The highest BCUT2D eigenvalue weighted by Gasteiger charge is 2.34. The summed E-state index contributed by atoms with van der Waals surface area (Å²) in [6.07, 6.45) is 0.914. The number of halogens is 1. The second-order valence-electron chi connectivity index (χ2n) is 9.94. The van der Waals surface area contributed by atoms with E-state index in [1.165, 1.54) is 12.1 Å². The van der Waals surface area contributed by atoms with Gasteiger partial charge in [0.25, 0.3) is 0 Å². The molecule has 2 unspecified atom stereocenters. The number of carbonyl (C=O) groups is 3. The molecule has 0 aromatic heterocycles. The van der Waals surface area contributed by atoms with Crippen LogP contribution in [0.25, 0.3) is 0 Å². The summed E-state index contributed by atoms with van der Waals surface area (Å²) >= 11 is 0. The summed E-state index contributed by atoms with van der Waals surface area (Å²) in [6.45, 7) is 11.0. The van der Waals surface area contributed by atoms with Gasteiger partial charge < -0.3 is 29.7 Å². The van der Waals surface area contributed by atoms with Crippen LogP contribution in [-0.2, 0) is 19.1 Å². The third-order valence-corrected chi connectivity index (χ3v) is 5.42. The molecule has 0 saturated carbocycles. The number of benzene rings is 1. The normalized spacial score (nSPS) is 19.4. The molecule has 12 nitrogen and oxygen atoms in total. The van der Waals surface area contributed by atoms with Gasteiger partial charge >= 0.3 is 18.0 Å². The first kappa shape index (κ1) is 31.5. The number of ether oxygens (including phenoxy) is 3. The van der Waals surface area contributed by atoms with Gasteiger partial charge in [-0.1, -0.05) is 0 Å². The highest BCUT2D eigenvalue weighted by Crippen LogP contribution is 2.20. The molecule has 1 amide bonds. The number of aliphatic carboxylic acids is 2. The SMILES string of the molecule is CC(C)(C)OC(=O)NCCN1CC2CN(CCOc3ccc(C#N)cc3F)CC(C1)O2.O=C(O)/C=C\C(=O)O. The van der Waals surface area contributed by atoms with E-state index in [1.807, 2.05) is 26.8 Å². The van der Waals surface area contributed by atoms with E-state index >= 15 is 0 Å². The number of carboxylic acid groups (broad SMARTS) is 2. The molecule has 1 aromatic rings. The van der Waals surface area contributed by atoms with Crippen LogP contribution in [0.3, 0.4) is 0 Å². The van der Waals surface area contributed by atoms with Crippen LogP contribution < -0.4 is 10.1 Å². The summed E-state index contributed by atoms with van der Waals surface area (Å²) in [5, 5.41) is 27.2. The molecule has 2 aliphatic heterocycles. The van der Waals surface area contributed by atoms with Crippen molar-refractivity contribution in [2.45, 2.75) is 38.6 Å². The molecular formula is C26H35FN4O8. The van der Waals surface area contributed by atoms with Gasteiger partial charge in [-0.15, -0.1) is 0 Å². The monoisotopic (exact) mass is 550 g/mol. The quantitative estimate of drug-likeness (QED) is 0.384. The van der Waals surface area contributed by atoms with Crippen molar-refractivity contribution in [1.82, 2.24) is 15.1 Å². The fourth-order valence-electron chi connectivity index (χ4n) is 3.97. The van der Waals surface area contributed by atoms with Crippen LogP contribution in [0.2, 0.25) is 0 Å². The molecule has 1 aromatic carbocycles. The van der Waals surface area contributed by atoms with E-state index in [0.29, 0.717) is 31.8 Å². The second-order valence-corrected chi connectivity index (χ2v) is 9.94. The van der Waals surface area contributed by atoms with Gasteiger partial charge in [0.2, 0.25) is 0 Å². The fraction of sp³-hybridized carbons (Fsp3) is 0.538. The van der Waals surface area contributed by atoms with Crippen molar-refractivity contribution in [2.24, 2.45) is 0 Å². The smallest absolute Gasteiger partial charge is 0.407 e. The largest absolute Gasteiger partial charge is 0.489 e. The molecule has 2 atom stereocenters. The second kappa shape index (κ2) is 15.0. The van der Waals surface area contributed by atoms with Crippen LogP contribution in [0.15, 0.2) is 30.4 Å². The lowest BCUT2D eigenvalue weighted by Gasteiger charge is -2.45. The Balaban J connectivity index is 0.000000580. The Morgan fingerprint density at radius 1 is 1.10 bits per heavy atom. The minimum atomic E-state index is -1.26. The molecule has 2 bridgehead atoms. The molecule has 0 radical (unpaired) electrons. The number of alkyl carbamates (subject to hydrolysis) is 1. The number of nitrogens with zero attached hydrogens (tertiary/aromatic N) is 3. The Labute approximate surface area is 226 Å². The first-order valence-corrected chi connectivity index (χ1v) is 12.4. The number of rotatable bonds is 9. The predicted molar refractivity (Wildman–Crippen MR) is 137 cm³/mol. The van der Waals surface area contributed by atoms with Crippen LogP contribution in [0.5, 0.6) is 5.75 Å². The molecule has 3 rings (SSSR count). The van der Waals surface area contributed by atoms with Crippen molar-refractivity contribution in [3.63, 3.8) is 0 Å². The first-order valence-electron chi connectivity index (χ1n) is 12.4. The number of amides is 1. The predicted octanol–water partition coefficient (Wildman–Crippen LogP) is 1.70. The standard InChI is InChI=1S/C22H31FN4O4.C4H4O4/c1-22(2,3)31-21(28)25-6-7-26-12-17-14-27(15-18(13-26)30-17)8-9-29-20-5-4-16(11-24)10-19(20)23;5-3(6)1-2-4(7)8/h4-5,10,17-18H,6-9,12-15H2,1-3H3,(H,25,28);1-2H,(H,5,6)(H,7,8)/b;2-1-. The summed E-state index contributed by atoms with van der Waals surface area (Å²) in [5.74, 6) is -2.87. The first-order chi connectivity index (χ1) is 18.3. The van der Waals surface area contributed by atoms with Gasteiger partial charge in [0.05, 0.1) is 23.8 Å². The van der Waals surface area contributed by atoms with E-state index in [4.69, 9.17) is 29.7 Å². The highest BCUT2D eigenvalue weighted by molar-refractivity contribution is 5.89. The summed E-state index contributed by atoms with van der Waals surface area (Å²) in [7, 11) is 0. The van der Waals surface area contributed by atoms with Crippen molar-refractivity contribution >= 4 is 18.0 Å². The highest BCUT2D eigenvalue weighted by atomic mass is 19.1. The van der Waals surface area contributed by atoms with Crippen molar-refractivity contribution in [2.75, 3.05) is 52.4 Å². The molecule has 2 saturated heterocycles. The molecule has 2 aliphatic rings. The Morgan fingerprint density at radius 2 is 1.67 bits per heavy atom. The summed E-state index contributed by atoms with van der Waals surface area (Å²) in [4.78, 5) is 35.4. The minimum absolute atomic E-state index is 0.0978. The summed E-state index contributed by atoms with van der Waals surface area (Å²) < 4.78 is 30.8. The van der Waals surface area contributed by atoms with E-state index < -0.39 is 29.5 Å². The van der Waals surface area contributed by atoms with Crippen LogP contribution in [0.1, 0.15) is 26.3 Å². The third kappa shape index (κ3) is 12.6. The zero-order valence-electron chi connectivity index (χ0n) is 22.3. The van der Waals surface area contributed by atoms with Crippen LogP contribution in [0, 0.1) is 17.1 Å². The number of carbonyl (C=O) groups excluding carboxylic acids is 1. The number of nitriles is 1. The van der Waals surface area contributed by atoms with Crippen molar-refractivity contribution < 1.29 is 43.2 Å². The number of hydrogen-bond acceptors (Lipinski definition) is 9. The van der Waals surface area contributed by atoms with E-state index in [1.54, 1.807) is 6.07 Å². The van der Waals surface area contributed by atoms with Gasteiger partial charge in [0, 0.05) is 58.0 Å². The Morgan fingerprint density at radius 3 is 2.15 bits per heavy atom.